The Morgan fingerprint density at radius 1 is 0.403 bits per heavy atom. The van der Waals surface area contributed by atoms with E-state index < -0.39 is 92.3 Å². The smallest absolute Gasteiger partial charge is 0.296 e. The Labute approximate surface area is 407 Å². The van der Waals surface area contributed by atoms with Crippen molar-refractivity contribution in [3.63, 3.8) is 0 Å². The third-order valence-electron chi connectivity index (χ3n) is 10.5. The fraction of sp³-hybridized carbons (Fsp3) is 0.0233. The number of anilines is 2. The van der Waals surface area contributed by atoms with E-state index in [2.05, 4.69) is 36.0 Å². The summed E-state index contributed by atoms with van der Waals surface area (Å²) < 4.78 is 171. The lowest BCUT2D eigenvalue weighted by Gasteiger charge is -2.12. The van der Waals surface area contributed by atoms with Crippen molar-refractivity contribution < 1.29 is 75.1 Å². The number of hydrogen-bond acceptors (Lipinski definition) is 19. The van der Waals surface area contributed by atoms with Crippen molar-refractivity contribution in [1.82, 2.24) is 0 Å². The number of aryl methyl sites for hydroxylation is 1. The van der Waals surface area contributed by atoms with Gasteiger partial charge in [-0.3, -0.25) is 22.8 Å². The molecule has 0 atom stereocenters. The van der Waals surface area contributed by atoms with E-state index in [4.69, 9.17) is 0 Å². The van der Waals surface area contributed by atoms with Crippen LogP contribution in [0.1, 0.15) is 5.56 Å². The van der Waals surface area contributed by atoms with E-state index >= 15 is 0 Å². The Balaban J connectivity index is 1.13. The van der Waals surface area contributed by atoms with Gasteiger partial charge in [0.05, 0.1) is 32.5 Å². The zero-order valence-corrected chi connectivity index (χ0v) is 40.1. The number of aromatic hydroxyl groups is 2. The quantitative estimate of drug-likeness (QED) is 0.0393. The highest BCUT2D eigenvalue weighted by Crippen LogP contribution is 2.45. The van der Waals surface area contributed by atoms with Gasteiger partial charge in [0.25, 0.3) is 50.6 Å². The van der Waals surface area contributed by atoms with Crippen LogP contribution in [0, 0.1) is 6.92 Å². The summed E-state index contributed by atoms with van der Waals surface area (Å²) in [7, 11) is -24.4. The minimum absolute atomic E-state index is 0.00247. The highest BCUT2D eigenvalue weighted by atomic mass is 32.2. The SMILES string of the molecule is Cc1cc(N=Nc2c(S(=O)(=O)O)cc3ccc(Nc4cccc(S(=O)(=O)O)c4)cc3c2O)c(O)cc1N=Nc1ccc(N=Nc2cc(S(=O)(=O)O)c3cccc(S(=O)(=O)O)c3c2)c2cc(S(=O)(=O)O)ccc12. The molecule has 0 aliphatic heterocycles. The molecule has 0 amide bonds. The molecule has 8 aromatic rings. The molecule has 0 heterocycles. The fourth-order valence-corrected chi connectivity index (χ4v) is 10.3. The van der Waals surface area contributed by atoms with Gasteiger partial charge in [-0.2, -0.15) is 52.3 Å². The normalized spacial score (nSPS) is 13.1. The summed E-state index contributed by atoms with van der Waals surface area (Å²) in [6.45, 7) is 1.52. The third-order valence-corrected chi connectivity index (χ3v) is 14.9. The Kier molecular flexibility index (Phi) is 13.0. The first kappa shape index (κ1) is 50.7. The van der Waals surface area contributed by atoms with Crippen molar-refractivity contribution in [2.75, 3.05) is 5.32 Å². The van der Waals surface area contributed by atoms with Gasteiger partial charge in [-0.25, -0.2) is 0 Å². The van der Waals surface area contributed by atoms with E-state index in [1.165, 1.54) is 67.6 Å². The molecule has 24 nitrogen and oxygen atoms in total. The molecule has 0 saturated carbocycles. The number of benzene rings is 8. The van der Waals surface area contributed by atoms with Gasteiger partial charge < -0.3 is 15.5 Å². The van der Waals surface area contributed by atoms with Crippen LogP contribution in [0.3, 0.4) is 0 Å². The van der Waals surface area contributed by atoms with Crippen molar-refractivity contribution in [3.05, 3.63) is 127 Å². The summed E-state index contributed by atoms with van der Waals surface area (Å²) in [6.07, 6.45) is 0. The first-order valence-electron chi connectivity index (χ1n) is 19.8. The Morgan fingerprint density at radius 3 is 1.67 bits per heavy atom. The van der Waals surface area contributed by atoms with Crippen LogP contribution in [0.25, 0.3) is 32.3 Å². The summed E-state index contributed by atoms with van der Waals surface area (Å²) in [6, 6.07) is 23.9. The Hall–Kier alpha value is -7.71. The second kappa shape index (κ2) is 18.5. The molecule has 0 aliphatic carbocycles. The standard InChI is InChI=1S/C43H31N7O17S5/c1-22-14-37(49-50-42-41(72(65,66)67)15-23-8-9-25(17-31(23)43(42)52)44-24-4-2-5-27(16-24)68(53,54)55)38(51)21-36(22)48-47-34-12-13-35(32-20-28(69(56,57)58)10-11-29(32)34)46-45-26-18-33-30(40(19-26)71(62,63)64)6-3-7-39(33)70(59,60)61/h2-21,44,51-52H,1H3,(H,53,54,55)(H,56,57,58)(H,59,60,61)(H,62,63,64)(H,65,66,67). The Bertz CT molecular complexity index is 4320. The van der Waals surface area contributed by atoms with Crippen molar-refractivity contribution >= 4 is 128 Å². The summed E-state index contributed by atoms with van der Waals surface area (Å²) in [4.78, 5) is -3.33. The van der Waals surface area contributed by atoms with Gasteiger partial charge in [-0.1, -0.05) is 30.3 Å². The van der Waals surface area contributed by atoms with Gasteiger partial charge in [0, 0.05) is 44.4 Å². The predicted octanol–water partition coefficient (Wildman–Crippen LogP) is 10.1. The number of fused-ring (bicyclic) bond motifs is 3. The number of hydrogen-bond donors (Lipinski definition) is 8. The maximum absolute atomic E-state index is 12.5. The van der Waals surface area contributed by atoms with E-state index in [1.54, 1.807) is 0 Å². The second-order valence-corrected chi connectivity index (χ2v) is 22.4. The molecule has 0 bridgehead atoms. The first-order chi connectivity index (χ1) is 33.6. The molecule has 0 aliphatic rings. The van der Waals surface area contributed by atoms with Crippen molar-refractivity contribution in [1.29, 1.82) is 0 Å². The molecule has 72 heavy (non-hydrogen) atoms. The molecular weight excluding hydrogens is 1050 g/mol. The van der Waals surface area contributed by atoms with Crippen LogP contribution < -0.4 is 5.32 Å². The first-order valence-corrected chi connectivity index (χ1v) is 27.0. The topological polar surface area (TPSA) is 398 Å². The maximum Gasteiger partial charge on any atom is 0.296 e. The van der Waals surface area contributed by atoms with Crippen molar-refractivity contribution in [3.8, 4) is 11.5 Å². The highest BCUT2D eigenvalue weighted by molar-refractivity contribution is 7.87. The number of nitrogens with zero attached hydrogens (tertiary/aromatic N) is 6. The minimum atomic E-state index is -5.06. The summed E-state index contributed by atoms with van der Waals surface area (Å²) >= 11 is 0. The second-order valence-electron chi connectivity index (χ2n) is 15.4. The lowest BCUT2D eigenvalue weighted by molar-refractivity contribution is 0.471. The molecule has 0 aromatic heterocycles. The van der Waals surface area contributed by atoms with Crippen LogP contribution in [-0.4, -0.2) is 75.1 Å². The molecule has 8 aromatic carbocycles. The zero-order chi connectivity index (χ0) is 52.3. The number of phenols is 2. The van der Waals surface area contributed by atoms with Crippen LogP contribution >= 0.6 is 0 Å². The number of azo groups is 3. The molecule has 29 heteroatoms. The lowest BCUT2D eigenvalue weighted by atomic mass is 10.1. The van der Waals surface area contributed by atoms with Crippen LogP contribution in [-0.2, 0) is 50.6 Å². The molecule has 0 saturated heterocycles. The van der Waals surface area contributed by atoms with E-state index in [9.17, 15) is 75.1 Å². The lowest BCUT2D eigenvalue weighted by Crippen LogP contribution is -2.03. The molecular formula is C43H31N7O17S5. The average molecular weight is 1080 g/mol. The fourth-order valence-electron chi connectivity index (χ4n) is 7.23. The average Bonchev–Trinajstić information content (AvgIpc) is 3.29. The van der Waals surface area contributed by atoms with Gasteiger partial charge >= 0.3 is 0 Å². The van der Waals surface area contributed by atoms with Gasteiger partial charge in [0.2, 0.25) is 0 Å². The van der Waals surface area contributed by atoms with Gasteiger partial charge in [-0.05, 0) is 103 Å². The third kappa shape index (κ3) is 10.6. The molecule has 0 fully saturated rings. The Morgan fingerprint density at radius 2 is 1.00 bits per heavy atom. The number of rotatable bonds is 13. The molecule has 8 rings (SSSR count). The van der Waals surface area contributed by atoms with Gasteiger partial charge in [0.15, 0.2) is 5.75 Å². The van der Waals surface area contributed by atoms with E-state index in [0.29, 0.717) is 0 Å². The summed E-state index contributed by atoms with van der Waals surface area (Å²) in [5.74, 6) is -1.35. The molecule has 370 valence electrons. The highest BCUT2D eigenvalue weighted by Gasteiger charge is 2.24. The van der Waals surface area contributed by atoms with Crippen molar-refractivity contribution in [2.45, 2.75) is 31.4 Å². The molecule has 0 unspecified atom stereocenters. The van der Waals surface area contributed by atoms with Crippen LogP contribution in [0.4, 0.5) is 45.5 Å². The summed E-state index contributed by atoms with van der Waals surface area (Å²) in [5, 5.41) is 49.2. The molecule has 0 radical (unpaired) electrons. The maximum atomic E-state index is 12.5. The van der Waals surface area contributed by atoms with Gasteiger partial charge in [-0.15, -0.1) is 20.5 Å². The minimum Gasteiger partial charge on any atom is -0.506 e. The van der Waals surface area contributed by atoms with Gasteiger partial charge in [0.1, 0.15) is 31.8 Å². The largest absolute Gasteiger partial charge is 0.506 e. The van der Waals surface area contributed by atoms with Crippen LogP contribution in [0.15, 0.2) is 176 Å². The van der Waals surface area contributed by atoms with E-state index in [-0.39, 0.29) is 77.7 Å². The van der Waals surface area contributed by atoms with Crippen LogP contribution in [0.5, 0.6) is 11.5 Å². The van der Waals surface area contributed by atoms with Crippen molar-refractivity contribution in [2.24, 2.45) is 30.7 Å². The molecule has 8 N–H and O–H groups in total. The summed E-state index contributed by atoms with van der Waals surface area (Å²) in [5.41, 5.74) is -0.589. The van der Waals surface area contributed by atoms with Crippen LogP contribution in [0.2, 0.25) is 0 Å². The monoisotopic (exact) mass is 1080 g/mol. The van der Waals surface area contributed by atoms with E-state index in [0.717, 1.165) is 60.7 Å². The zero-order valence-electron chi connectivity index (χ0n) is 36.0. The molecule has 0 spiro atoms. The predicted molar refractivity (Wildman–Crippen MR) is 258 cm³/mol. The number of phenolic OH excluding ortho intramolecular Hbond substituents is 2. The van der Waals surface area contributed by atoms with E-state index in [1.807, 2.05) is 0 Å². The number of nitrogens with one attached hydrogen (secondary N) is 1.